The van der Waals surface area contributed by atoms with Gasteiger partial charge in [0.15, 0.2) is 0 Å². The van der Waals surface area contributed by atoms with E-state index in [1.165, 1.54) is 0 Å². The first-order valence-corrected chi connectivity index (χ1v) is 6.01. The number of hydrogen-bond donors (Lipinski definition) is 1. The molecule has 1 heterocycles. The normalized spacial score (nSPS) is 25.4. The first kappa shape index (κ1) is 14.3. The van der Waals surface area contributed by atoms with Crippen molar-refractivity contribution < 1.29 is 19.0 Å². The zero-order chi connectivity index (χ0) is 12.9. The van der Waals surface area contributed by atoms with Crippen LogP contribution in [0.1, 0.15) is 33.6 Å². The van der Waals surface area contributed by atoms with Gasteiger partial charge in [-0.25, -0.2) is 4.79 Å². The van der Waals surface area contributed by atoms with Crippen LogP contribution in [0.3, 0.4) is 0 Å². The van der Waals surface area contributed by atoms with Gasteiger partial charge in [-0.15, -0.1) is 0 Å². The number of carbonyl (C=O) groups excluding carboxylic acids is 1. The maximum atomic E-state index is 11.5. The largest absolute Gasteiger partial charge is 0.444 e. The van der Waals surface area contributed by atoms with Crippen LogP contribution < -0.4 is 5.32 Å². The molecule has 0 aromatic carbocycles. The summed E-state index contributed by atoms with van der Waals surface area (Å²) in [6.07, 6.45) is 1.56. The molecule has 1 unspecified atom stereocenters. The summed E-state index contributed by atoms with van der Waals surface area (Å²) in [5, 5.41) is 2.81. The standard InChI is InChI=1S/C12H23NO4/c1-12(2,3)17-11(14)13-9-5-6-10(8-15-4)16-7-9/h9-10H,5-8H2,1-4H3,(H,13,14)/t9?,10-/m0/s1. The van der Waals surface area contributed by atoms with Crippen LogP contribution in [0.2, 0.25) is 0 Å². The van der Waals surface area contributed by atoms with Crippen molar-refractivity contribution in [3.8, 4) is 0 Å². The van der Waals surface area contributed by atoms with Gasteiger partial charge in [-0.05, 0) is 33.6 Å². The molecule has 0 aromatic rings. The summed E-state index contributed by atoms with van der Waals surface area (Å²) in [7, 11) is 1.66. The van der Waals surface area contributed by atoms with Crippen LogP contribution in [-0.4, -0.2) is 44.2 Å². The molecule has 100 valence electrons. The van der Waals surface area contributed by atoms with Crippen LogP contribution >= 0.6 is 0 Å². The number of hydrogen-bond acceptors (Lipinski definition) is 4. The summed E-state index contributed by atoms with van der Waals surface area (Å²) in [6.45, 7) is 6.67. The predicted molar refractivity (Wildman–Crippen MR) is 64.0 cm³/mol. The molecule has 2 atom stereocenters. The van der Waals surface area contributed by atoms with Crippen molar-refractivity contribution in [2.75, 3.05) is 20.3 Å². The molecule has 1 aliphatic rings. The zero-order valence-electron chi connectivity index (χ0n) is 11.1. The Labute approximate surface area is 103 Å². The molecule has 1 fully saturated rings. The number of carbonyl (C=O) groups is 1. The van der Waals surface area contributed by atoms with Crippen molar-refractivity contribution in [1.82, 2.24) is 5.32 Å². The fourth-order valence-corrected chi connectivity index (χ4v) is 1.71. The van der Waals surface area contributed by atoms with Crippen LogP contribution in [0.15, 0.2) is 0 Å². The highest BCUT2D eigenvalue weighted by molar-refractivity contribution is 5.68. The highest BCUT2D eigenvalue weighted by Crippen LogP contribution is 2.14. The maximum absolute atomic E-state index is 11.5. The zero-order valence-corrected chi connectivity index (χ0v) is 11.1. The third-order valence-corrected chi connectivity index (χ3v) is 2.44. The summed E-state index contributed by atoms with van der Waals surface area (Å²) in [6, 6.07) is 0.0398. The second-order valence-corrected chi connectivity index (χ2v) is 5.33. The Kier molecular flexibility index (Phi) is 5.21. The van der Waals surface area contributed by atoms with E-state index in [1.54, 1.807) is 7.11 Å². The number of alkyl carbamates (subject to hydrolysis) is 1. The van der Waals surface area contributed by atoms with Crippen LogP contribution in [0, 0.1) is 0 Å². The third-order valence-electron chi connectivity index (χ3n) is 2.44. The van der Waals surface area contributed by atoms with E-state index in [2.05, 4.69) is 5.32 Å². The lowest BCUT2D eigenvalue weighted by Crippen LogP contribution is -2.45. The first-order chi connectivity index (χ1) is 7.90. The quantitative estimate of drug-likeness (QED) is 0.822. The summed E-state index contributed by atoms with van der Waals surface area (Å²) in [5.74, 6) is 0. The van der Waals surface area contributed by atoms with Gasteiger partial charge in [0.25, 0.3) is 0 Å². The molecule has 1 N–H and O–H groups in total. The Bertz CT molecular complexity index is 241. The lowest BCUT2D eigenvalue weighted by Gasteiger charge is -2.30. The molecule has 0 aliphatic carbocycles. The van der Waals surface area contributed by atoms with E-state index in [9.17, 15) is 4.79 Å². The summed E-state index contributed by atoms with van der Waals surface area (Å²) in [4.78, 5) is 11.5. The monoisotopic (exact) mass is 245 g/mol. The van der Waals surface area contributed by atoms with E-state index in [0.717, 1.165) is 12.8 Å². The Morgan fingerprint density at radius 3 is 2.59 bits per heavy atom. The van der Waals surface area contributed by atoms with Crippen molar-refractivity contribution in [2.24, 2.45) is 0 Å². The van der Waals surface area contributed by atoms with Crippen molar-refractivity contribution in [3.63, 3.8) is 0 Å². The highest BCUT2D eigenvalue weighted by Gasteiger charge is 2.24. The SMILES string of the molecule is COC[C@@H]1CCC(NC(=O)OC(C)(C)C)CO1. The number of nitrogens with one attached hydrogen (secondary N) is 1. The average Bonchev–Trinajstić information content (AvgIpc) is 2.18. The first-order valence-electron chi connectivity index (χ1n) is 6.01. The van der Waals surface area contributed by atoms with Crippen molar-refractivity contribution >= 4 is 6.09 Å². The molecular formula is C12H23NO4. The van der Waals surface area contributed by atoms with Gasteiger partial charge in [-0.1, -0.05) is 0 Å². The average molecular weight is 245 g/mol. The number of methoxy groups -OCH3 is 1. The van der Waals surface area contributed by atoms with E-state index in [-0.39, 0.29) is 18.2 Å². The Hall–Kier alpha value is -0.810. The summed E-state index contributed by atoms with van der Waals surface area (Å²) in [5.41, 5.74) is -0.460. The Morgan fingerprint density at radius 2 is 2.12 bits per heavy atom. The molecule has 0 saturated carbocycles. The Morgan fingerprint density at radius 1 is 1.41 bits per heavy atom. The van der Waals surface area contributed by atoms with Crippen molar-refractivity contribution in [1.29, 1.82) is 0 Å². The minimum atomic E-state index is -0.460. The molecular weight excluding hydrogens is 222 g/mol. The molecule has 17 heavy (non-hydrogen) atoms. The van der Waals surface area contributed by atoms with Crippen molar-refractivity contribution in [3.05, 3.63) is 0 Å². The molecule has 0 aromatic heterocycles. The predicted octanol–water partition coefficient (Wildman–Crippen LogP) is 1.71. The van der Waals surface area contributed by atoms with Gasteiger partial charge < -0.3 is 19.5 Å². The maximum Gasteiger partial charge on any atom is 0.407 e. The van der Waals surface area contributed by atoms with E-state index >= 15 is 0 Å². The fourth-order valence-electron chi connectivity index (χ4n) is 1.71. The summed E-state index contributed by atoms with van der Waals surface area (Å²) < 4.78 is 15.8. The van der Waals surface area contributed by atoms with Gasteiger partial charge in [-0.3, -0.25) is 0 Å². The molecule has 5 nitrogen and oxygen atoms in total. The number of rotatable bonds is 3. The van der Waals surface area contributed by atoms with E-state index < -0.39 is 5.60 Å². The van der Waals surface area contributed by atoms with Gasteiger partial charge in [0.2, 0.25) is 0 Å². The molecule has 1 amide bonds. The topological polar surface area (TPSA) is 56.8 Å². The van der Waals surface area contributed by atoms with E-state index in [1.807, 2.05) is 20.8 Å². The molecule has 1 rings (SSSR count). The van der Waals surface area contributed by atoms with Gasteiger partial charge in [0.05, 0.1) is 25.4 Å². The second-order valence-electron chi connectivity index (χ2n) is 5.33. The van der Waals surface area contributed by atoms with Crippen LogP contribution in [0.5, 0.6) is 0 Å². The lowest BCUT2D eigenvalue weighted by atomic mass is 10.1. The molecule has 0 radical (unpaired) electrons. The molecule has 5 heteroatoms. The van der Waals surface area contributed by atoms with Gasteiger partial charge in [0, 0.05) is 7.11 Å². The van der Waals surface area contributed by atoms with Crippen LogP contribution in [0.25, 0.3) is 0 Å². The second kappa shape index (κ2) is 6.21. The molecule has 1 saturated heterocycles. The van der Waals surface area contributed by atoms with Crippen LogP contribution in [0.4, 0.5) is 4.79 Å². The van der Waals surface area contributed by atoms with Gasteiger partial charge in [0.1, 0.15) is 5.60 Å². The van der Waals surface area contributed by atoms with Crippen LogP contribution in [-0.2, 0) is 14.2 Å². The van der Waals surface area contributed by atoms with Crippen molar-refractivity contribution in [2.45, 2.75) is 51.4 Å². The van der Waals surface area contributed by atoms with E-state index in [0.29, 0.717) is 13.2 Å². The third kappa shape index (κ3) is 5.89. The smallest absolute Gasteiger partial charge is 0.407 e. The lowest BCUT2D eigenvalue weighted by molar-refractivity contribution is -0.0431. The minimum Gasteiger partial charge on any atom is -0.444 e. The molecule has 1 aliphatic heterocycles. The van der Waals surface area contributed by atoms with Gasteiger partial charge >= 0.3 is 6.09 Å². The Balaban J connectivity index is 2.24. The van der Waals surface area contributed by atoms with E-state index in [4.69, 9.17) is 14.2 Å². The summed E-state index contributed by atoms with van der Waals surface area (Å²) >= 11 is 0. The number of amides is 1. The minimum absolute atomic E-state index is 0.0398. The fraction of sp³-hybridized carbons (Fsp3) is 0.917. The molecule has 0 spiro atoms. The highest BCUT2D eigenvalue weighted by atomic mass is 16.6. The molecule has 0 bridgehead atoms. The number of ether oxygens (including phenoxy) is 3. The van der Waals surface area contributed by atoms with Gasteiger partial charge in [-0.2, -0.15) is 0 Å².